The number of nitrogens with zero attached hydrogens (tertiary/aromatic N) is 1. The number of amides is 1. The molecule has 1 aliphatic rings. The van der Waals surface area contributed by atoms with E-state index in [-0.39, 0.29) is 31.0 Å². The number of carbonyl (C=O) groups excluding carboxylic acids is 1. The summed E-state index contributed by atoms with van der Waals surface area (Å²) in [4.78, 5) is 14.9. The number of hydrogen-bond donors (Lipinski definition) is 1. The first kappa shape index (κ1) is 24.0. The van der Waals surface area contributed by atoms with Crippen LogP contribution in [0.5, 0.6) is 11.5 Å². The van der Waals surface area contributed by atoms with E-state index >= 15 is 0 Å². The number of hydrogen-bond acceptors (Lipinski definition) is 4. The van der Waals surface area contributed by atoms with Crippen molar-refractivity contribution in [1.82, 2.24) is 10.2 Å². The lowest BCUT2D eigenvalue weighted by Gasteiger charge is -2.31. The van der Waals surface area contributed by atoms with E-state index in [0.717, 1.165) is 18.8 Å². The highest BCUT2D eigenvalue weighted by molar-refractivity contribution is 5.85. The van der Waals surface area contributed by atoms with Crippen molar-refractivity contribution >= 4 is 18.3 Å². The molecule has 0 aliphatic carbocycles. The molecule has 0 radical (unpaired) electrons. The third kappa shape index (κ3) is 7.22. The second-order valence-electron chi connectivity index (χ2n) is 7.64. The van der Waals surface area contributed by atoms with E-state index in [4.69, 9.17) is 9.47 Å². The predicted molar refractivity (Wildman–Crippen MR) is 123 cm³/mol. The van der Waals surface area contributed by atoms with E-state index in [1.165, 1.54) is 36.8 Å². The van der Waals surface area contributed by atoms with Gasteiger partial charge in [0.2, 0.25) is 0 Å². The van der Waals surface area contributed by atoms with Crippen LogP contribution in [0.15, 0.2) is 48.5 Å². The van der Waals surface area contributed by atoms with Crippen molar-refractivity contribution in [2.24, 2.45) is 0 Å². The maximum absolute atomic E-state index is 12.4. The number of carbonyl (C=O) groups is 1. The number of rotatable bonds is 8. The Balaban J connectivity index is 0.00000320. The summed E-state index contributed by atoms with van der Waals surface area (Å²) in [5.74, 6) is 1.32. The minimum absolute atomic E-state index is 0. The second-order valence-corrected chi connectivity index (χ2v) is 7.64. The Bertz CT molecular complexity index is 757. The molecule has 1 fully saturated rings. The second kappa shape index (κ2) is 12.5. The van der Waals surface area contributed by atoms with Crippen LogP contribution in [0.25, 0.3) is 0 Å². The van der Waals surface area contributed by atoms with Crippen molar-refractivity contribution in [3.63, 3.8) is 0 Å². The van der Waals surface area contributed by atoms with Crippen LogP contribution in [0.1, 0.15) is 42.9 Å². The minimum atomic E-state index is -0.104. The summed E-state index contributed by atoms with van der Waals surface area (Å²) in [6.07, 6.45) is 5.02. The van der Waals surface area contributed by atoms with Gasteiger partial charge in [-0.3, -0.25) is 9.69 Å². The van der Waals surface area contributed by atoms with Crippen molar-refractivity contribution in [3.8, 4) is 11.5 Å². The minimum Gasteiger partial charge on any atom is -0.497 e. The smallest absolute Gasteiger partial charge is 0.258 e. The molecule has 1 heterocycles. The molecule has 0 spiro atoms. The lowest BCUT2D eigenvalue weighted by Crippen LogP contribution is -2.40. The monoisotopic (exact) mass is 432 g/mol. The maximum Gasteiger partial charge on any atom is 0.258 e. The summed E-state index contributed by atoms with van der Waals surface area (Å²) in [5.41, 5.74) is 2.51. The highest BCUT2D eigenvalue weighted by Crippen LogP contribution is 2.24. The summed E-state index contributed by atoms with van der Waals surface area (Å²) in [6, 6.07) is 16.1. The fourth-order valence-corrected chi connectivity index (χ4v) is 3.74. The molecule has 3 rings (SSSR count). The quantitative estimate of drug-likeness (QED) is 0.665. The van der Waals surface area contributed by atoms with Gasteiger partial charge in [0.25, 0.3) is 5.91 Å². The molecule has 1 amide bonds. The number of likely N-dealkylation sites (tertiary alicyclic amines) is 1. The zero-order valence-electron chi connectivity index (χ0n) is 17.9. The molecule has 5 nitrogen and oxygen atoms in total. The van der Waals surface area contributed by atoms with Gasteiger partial charge in [0.15, 0.2) is 6.61 Å². The SMILES string of the molecule is COc1ccc(OCC(=O)NCC(c2ccc(C)cc2)N2CCCCCC2)cc1.Cl. The van der Waals surface area contributed by atoms with E-state index in [9.17, 15) is 4.79 Å². The number of nitrogens with one attached hydrogen (secondary N) is 1. The summed E-state index contributed by atoms with van der Waals surface area (Å²) >= 11 is 0. The van der Waals surface area contributed by atoms with Gasteiger partial charge in [0.1, 0.15) is 11.5 Å². The van der Waals surface area contributed by atoms with E-state index in [2.05, 4.69) is 41.4 Å². The Kier molecular flexibility index (Phi) is 9.98. The average Bonchev–Trinajstić information content (AvgIpc) is 3.03. The topological polar surface area (TPSA) is 50.8 Å². The summed E-state index contributed by atoms with van der Waals surface area (Å²) in [5, 5.41) is 3.08. The highest BCUT2D eigenvalue weighted by Gasteiger charge is 2.22. The average molecular weight is 433 g/mol. The zero-order chi connectivity index (χ0) is 20.5. The standard InChI is InChI=1S/C24H32N2O3.ClH/c1-19-7-9-20(10-8-19)23(26-15-5-3-4-6-16-26)17-25-24(27)18-29-22-13-11-21(28-2)12-14-22;/h7-14,23H,3-6,15-18H2,1-2H3,(H,25,27);1H. The third-order valence-corrected chi connectivity index (χ3v) is 5.47. The Morgan fingerprint density at radius 3 is 2.17 bits per heavy atom. The van der Waals surface area contributed by atoms with E-state index in [0.29, 0.717) is 12.3 Å². The first-order valence-electron chi connectivity index (χ1n) is 10.5. The van der Waals surface area contributed by atoms with Gasteiger partial charge in [-0.1, -0.05) is 42.7 Å². The van der Waals surface area contributed by atoms with Gasteiger partial charge in [0.05, 0.1) is 13.2 Å². The number of halogens is 1. The van der Waals surface area contributed by atoms with E-state index in [1.807, 2.05) is 12.1 Å². The van der Waals surface area contributed by atoms with Crippen LogP contribution < -0.4 is 14.8 Å². The molecule has 0 aromatic heterocycles. The van der Waals surface area contributed by atoms with Gasteiger partial charge in [0, 0.05) is 6.54 Å². The van der Waals surface area contributed by atoms with Crippen LogP contribution in [-0.2, 0) is 4.79 Å². The lowest BCUT2D eigenvalue weighted by molar-refractivity contribution is -0.123. The molecule has 0 bridgehead atoms. The van der Waals surface area contributed by atoms with Gasteiger partial charge < -0.3 is 14.8 Å². The van der Waals surface area contributed by atoms with Gasteiger partial charge >= 0.3 is 0 Å². The molecule has 6 heteroatoms. The summed E-state index contributed by atoms with van der Waals surface area (Å²) < 4.78 is 10.7. The summed E-state index contributed by atoms with van der Waals surface area (Å²) in [7, 11) is 1.62. The largest absolute Gasteiger partial charge is 0.497 e. The highest BCUT2D eigenvalue weighted by atomic mass is 35.5. The van der Waals surface area contributed by atoms with Crippen molar-refractivity contribution in [2.45, 2.75) is 38.6 Å². The molecule has 30 heavy (non-hydrogen) atoms. The van der Waals surface area contributed by atoms with Crippen molar-refractivity contribution in [1.29, 1.82) is 0 Å². The van der Waals surface area contributed by atoms with Crippen molar-refractivity contribution in [3.05, 3.63) is 59.7 Å². The molecule has 164 valence electrons. The molecule has 2 aromatic carbocycles. The van der Waals surface area contributed by atoms with Gasteiger partial charge in [-0.15, -0.1) is 12.4 Å². The molecular weight excluding hydrogens is 400 g/mol. The molecular formula is C24H33ClN2O3. The van der Waals surface area contributed by atoms with Crippen molar-refractivity contribution in [2.75, 3.05) is 33.4 Å². The molecule has 1 N–H and O–H groups in total. The number of benzene rings is 2. The Morgan fingerprint density at radius 1 is 0.967 bits per heavy atom. The fourth-order valence-electron chi connectivity index (χ4n) is 3.74. The van der Waals surface area contributed by atoms with Gasteiger partial charge in [-0.05, 0) is 62.7 Å². The molecule has 1 atom stereocenters. The lowest BCUT2D eigenvalue weighted by atomic mass is 10.0. The molecule has 2 aromatic rings. The zero-order valence-corrected chi connectivity index (χ0v) is 18.7. The fraction of sp³-hybridized carbons (Fsp3) is 0.458. The molecule has 0 saturated carbocycles. The van der Waals surface area contributed by atoms with Crippen LogP contribution in [0, 0.1) is 6.92 Å². The van der Waals surface area contributed by atoms with E-state index in [1.54, 1.807) is 19.2 Å². The van der Waals surface area contributed by atoms with Crippen molar-refractivity contribution < 1.29 is 14.3 Å². The molecule has 1 unspecified atom stereocenters. The van der Waals surface area contributed by atoms with Crippen LogP contribution >= 0.6 is 12.4 Å². The van der Waals surface area contributed by atoms with Crippen LogP contribution in [0.3, 0.4) is 0 Å². The van der Waals surface area contributed by atoms with Gasteiger partial charge in [-0.25, -0.2) is 0 Å². The first-order chi connectivity index (χ1) is 14.2. The number of ether oxygens (including phenoxy) is 2. The van der Waals surface area contributed by atoms with Crippen LogP contribution in [0.4, 0.5) is 0 Å². The third-order valence-electron chi connectivity index (χ3n) is 5.47. The van der Waals surface area contributed by atoms with Gasteiger partial charge in [-0.2, -0.15) is 0 Å². The van der Waals surface area contributed by atoms with Crippen LogP contribution in [-0.4, -0.2) is 44.2 Å². The molecule has 1 saturated heterocycles. The first-order valence-corrected chi connectivity index (χ1v) is 10.5. The number of methoxy groups -OCH3 is 1. The maximum atomic E-state index is 12.4. The Morgan fingerprint density at radius 2 is 1.57 bits per heavy atom. The summed E-state index contributed by atoms with van der Waals surface area (Å²) in [6.45, 7) is 4.86. The molecule has 1 aliphatic heterocycles. The van der Waals surface area contributed by atoms with Crippen LogP contribution in [0.2, 0.25) is 0 Å². The normalized spacial score (nSPS) is 15.4. The Hall–Kier alpha value is -2.24. The number of aryl methyl sites for hydroxylation is 1. The predicted octanol–water partition coefficient (Wildman–Crippen LogP) is 4.54. The van der Waals surface area contributed by atoms with E-state index < -0.39 is 0 Å². The Labute approximate surface area is 186 Å².